The van der Waals surface area contributed by atoms with Crippen LogP contribution in [0.5, 0.6) is 0 Å². The number of carbonyl (C=O) groups is 3. The van der Waals surface area contributed by atoms with Crippen LogP contribution in [-0.2, 0) is 26.2 Å². The van der Waals surface area contributed by atoms with Crippen molar-refractivity contribution in [2.75, 3.05) is 31.1 Å². The fourth-order valence-electron chi connectivity index (χ4n) is 5.58. The minimum atomic E-state index is -1.18. The average Bonchev–Trinajstić information content (AvgIpc) is 3.17. The zero-order valence-corrected chi connectivity index (χ0v) is 21.1. The van der Waals surface area contributed by atoms with Crippen LogP contribution in [0.1, 0.15) is 31.0 Å². The molecule has 1 aromatic heterocycles. The summed E-state index contributed by atoms with van der Waals surface area (Å²) in [4.78, 5) is 50.6. The Kier molecular flexibility index (Phi) is 7.04. The molecule has 2 fully saturated rings. The van der Waals surface area contributed by atoms with E-state index in [0.29, 0.717) is 13.0 Å². The molecule has 7 nitrogen and oxygen atoms in total. The number of imide groups is 1. The molecule has 2 aliphatic heterocycles. The monoisotopic (exact) mass is 496 g/mol. The third-order valence-electron chi connectivity index (χ3n) is 7.57. The topological polar surface area (TPSA) is 73.8 Å². The summed E-state index contributed by atoms with van der Waals surface area (Å²) in [5, 5.41) is 0. The molecule has 0 unspecified atom stereocenters. The Morgan fingerprint density at radius 1 is 0.946 bits per heavy atom. The lowest BCUT2D eigenvalue weighted by Gasteiger charge is -2.42. The molecule has 3 heterocycles. The van der Waals surface area contributed by atoms with Crippen LogP contribution in [-0.4, -0.2) is 64.7 Å². The molecule has 0 aliphatic carbocycles. The van der Waals surface area contributed by atoms with Crippen LogP contribution in [0.25, 0.3) is 0 Å². The fourth-order valence-corrected chi connectivity index (χ4v) is 5.58. The van der Waals surface area contributed by atoms with Gasteiger partial charge in [0, 0.05) is 69.1 Å². The Bertz CT molecular complexity index is 1250. The van der Waals surface area contributed by atoms with Gasteiger partial charge >= 0.3 is 0 Å². The van der Waals surface area contributed by atoms with E-state index in [9.17, 15) is 14.4 Å². The van der Waals surface area contributed by atoms with Gasteiger partial charge in [-0.05, 0) is 36.8 Å². The van der Waals surface area contributed by atoms with E-state index in [1.807, 2.05) is 78.6 Å². The largest absolute Gasteiger partial charge is 0.368 e. The normalized spacial score (nSPS) is 22.0. The van der Waals surface area contributed by atoms with Crippen molar-refractivity contribution in [3.8, 4) is 0 Å². The predicted octanol–water partition coefficient (Wildman–Crippen LogP) is 3.45. The number of piperazine rings is 1. The molecular formula is C30H32N4O3. The molecular weight excluding hydrogens is 464 g/mol. The van der Waals surface area contributed by atoms with Gasteiger partial charge in [-0.25, -0.2) is 0 Å². The summed E-state index contributed by atoms with van der Waals surface area (Å²) in [6.07, 6.45) is 2.17. The number of aromatic nitrogens is 1. The number of amides is 3. The SMILES string of the molecule is C[C@@H]1CN(c2ccccc2)CCN1C(=O)C[C@]1(c2ccccc2)CC(=O)N(CCc2ccccn2)C1=O. The van der Waals surface area contributed by atoms with E-state index in [0.717, 1.165) is 30.0 Å². The van der Waals surface area contributed by atoms with Crippen molar-refractivity contribution in [2.45, 2.75) is 37.6 Å². The first kappa shape index (κ1) is 24.7. The van der Waals surface area contributed by atoms with Crippen LogP contribution in [0.3, 0.4) is 0 Å². The molecule has 190 valence electrons. The summed E-state index contributed by atoms with van der Waals surface area (Å²) in [7, 11) is 0. The second-order valence-corrected chi connectivity index (χ2v) is 9.94. The summed E-state index contributed by atoms with van der Waals surface area (Å²) in [5.74, 6) is -0.611. The molecule has 7 heteroatoms. The maximum absolute atomic E-state index is 13.9. The van der Waals surface area contributed by atoms with Gasteiger partial charge in [0.05, 0.1) is 5.41 Å². The molecule has 0 N–H and O–H groups in total. The third kappa shape index (κ3) is 4.99. The Balaban J connectivity index is 1.35. The molecule has 0 saturated carbocycles. The van der Waals surface area contributed by atoms with Crippen LogP contribution in [0.4, 0.5) is 5.69 Å². The van der Waals surface area contributed by atoms with E-state index >= 15 is 0 Å². The van der Waals surface area contributed by atoms with Crippen LogP contribution in [0, 0.1) is 0 Å². The molecule has 2 atom stereocenters. The molecule has 0 spiro atoms. The van der Waals surface area contributed by atoms with Crippen LogP contribution in [0.15, 0.2) is 85.1 Å². The van der Waals surface area contributed by atoms with Crippen molar-refractivity contribution in [1.29, 1.82) is 0 Å². The summed E-state index contributed by atoms with van der Waals surface area (Å²) >= 11 is 0. The smallest absolute Gasteiger partial charge is 0.240 e. The molecule has 3 amide bonds. The highest BCUT2D eigenvalue weighted by atomic mass is 16.2. The lowest BCUT2D eigenvalue weighted by atomic mass is 9.75. The summed E-state index contributed by atoms with van der Waals surface area (Å²) in [6.45, 7) is 4.32. The lowest BCUT2D eigenvalue weighted by Crippen LogP contribution is -2.55. The van der Waals surface area contributed by atoms with Gasteiger partial charge in [-0.3, -0.25) is 24.3 Å². The number of anilines is 1. The first-order chi connectivity index (χ1) is 18.0. The van der Waals surface area contributed by atoms with Crippen molar-refractivity contribution in [3.63, 3.8) is 0 Å². The number of carbonyl (C=O) groups excluding carboxylic acids is 3. The van der Waals surface area contributed by atoms with Crippen LogP contribution < -0.4 is 4.90 Å². The van der Waals surface area contributed by atoms with Gasteiger partial charge < -0.3 is 9.80 Å². The van der Waals surface area contributed by atoms with Gasteiger partial charge in [-0.1, -0.05) is 54.6 Å². The number of hydrogen-bond acceptors (Lipinski definition) is 5. The highest BCUT2D eigenvalue weighted by Gasteiger charge is 2.54. The van der Waals surface area contributed by atoms with Crippen molar-refractivity contribution >= 4 is 23.4 Å². The second kappa shape index (κ2) is 10.5. The minimum Gasteiger partial charge on any atom is -0.368 e. The molecule has 3 aromatic rings. The Hall–Kier alpha value is -4.00. The van der Waals surface area contributed by atoms with Crippen LogP contribution >= 0.6 is 0 Å². The summed E-state index contributed by atoms with van der Waals surface area (Å²) < 4.78 is 0. The molecule has 5 rings (SSSR count). The highest BCUT2D eigenvalue weighted by molar-refractivity contribution is 6.10. The Morgan fingerprint density at radius 3 is 2.32 bits per heavy atom. The Labute approximate surface area is 217 Å². The van der Waals surface area contributed by atoms with E-state index in [1.165, 1.54) is 4.90 Å². The quantitative estimate of drug-likeness (QED) is 0.469. The first-order valence-corrected chi connectivity index (χ1v) is 12.9. The van der Waals surface area contributed by atoms with Gasteiger partial charge in [0.25, 0.3) is 0 Å². The van der Waals surface area contributed by atoms with Gasteiger partial charge in [-0.15, -0.1) is 0 Å². The maximum Gasteiger partial charge on any atom is 0.240 e. The summed E-state index contributed by atoms with van der Waals surface area (Å²) in [6, 6.07) is 25.1. The van der Waals surface area contributed by atoms with Gasteiger partial charge in [0.2, 0.25) is 17.7 Å². The van der Waals surface area contributed by atoms with Crippen molar-refractivity contribution in [2.24, 2.45) is 0 Å². The van der Waals surface area contributed by atoms with E-state index < -0.39 is 5.41 Å². The number of para-hydroxylation sites is 1. The molecule has 37 heavy (non-hydrogen) atoms. The van der Waals surface area contributed by atoms with E-state index in [4.69, 9.17) is 0 Å². The average molecular weight is 497 g/mol. The standard InChI is InChI=1S/C30H32N4O3/c1-23-22-32(26-13-6-3-7-14-26)18-19-33(23)27(35)20-30(24-10-4-2-5-11-24)21-28(36)34(29(30)37)17-15-25-12-8-9-16-31-25/h2-14,16,23H,15,17-22H2,1H3/t23-,30-/m1/s1. The second-order valence-electron chi connectivity index (χ2n) is 9.94. The minimum absolute atomic E-state index is 0.00215. The summed E-state index contributed by atoms with van der Waals surface area (Å²) in [5.41, 5.74) is 1.50. The van der Waals surface area contributed by atoms with Crippen LogP contribution in [0.2, 0.25) is 0 Å². The van der Waals surface area contributed by atoms with Crippen molar-refractivity contribution in [3.05, 3.63) is 96.3 Å². The predicted molar refractivity (Wildman–Crippen MR) is 142 cm³/mol. The fraction of sp³-hybridized carbons (Fsp3) is 0.333. The Morgan fingerprint density at radius 2 is 1.65 bits per heavy atom. The number of benzene rings is 2. The number of pyridine rings is 1. The molecule has 2 aromatic carbocycles. The highest BCUT2D eigenvalue weighted by Crippen LogP contribution is 2.40. The van der Waals surface area contributed by atoms with Crippen molar-refractivity contribution in [1.82, 2.24) is 14.8 Å². The number of likely N-dealkylation sites (tertiary alicyclic amines) is 1. The number of nitrogens with zero attached hydrogens (tertiary/aromatic N) is 4. The van der Waals surface area contributed by atoms with Gasteiger partial charge in [0.15, 0.2) is 0 Å². The zero-order chi connectivity index (χ0) is 25.8. The molecule has 0 bridgehead atoms. The van der Waals surface area contributed by atoms with E-state index in [1.54, 1.807) is 6.20 Å². The molecule has 0 radical (unpaired) electrons. The first-order valence-electron chi connectivity index (χ1n) is 12.9. The van der Waals surface area contributed by atoms with Crippen molar-refractivity contribution < 1.29 is 14.4 Å². The zero-order valence-electron chi connectivity index (χ0n) is 21.1. The molecule has 2 aliphatic rings. The number of hydrogen-bond donors (Lipinski definition) is 0. The van der Waals surface area contributed by atoms with E-state index in [-0.39, 0.29) is 43.1 Å². The third-order valence-corrected chi connectivity index (χ3v) is 7.57. The van der Waals surface area contributed by atoms with Gasteiger partial charge in [0.1, 0.15) is 0 Å². The number of rotatable bonds is 7. The molecule has 2 saturated heterocycles. The maximum atomic E-state index is 13.9. The van der Waals surface area contributed by atoms with E-state index in [2.05, 4.69) is 22.0 Å². The lowest BCUT2D eigenvalue weighted by molar-refractivity contribution is -0.143. The van der Waals surface area contributed by atoms with Gasteiger partial charge in [-0.2, -0.15) is 0 Å².